The van der Waals surface area contributed by atoms with Gasteiger partial charge in [0.2, 0.25) is 12.0 Å². The van der Waals surface area contributed by atoms with Gasteiger partial charge in [0.25, 0.3) is 0 Å². The first-order valence-corrected chi connectivity index (χ1v) is 7.48. The minimum atomic E-state index is -1.07. The maximum absolute atomic E-state index is 12.6. The van der Waals surface area contributed by atoms with Crippen LogP contribution in [0.25, 0.3) is 0 Å². The number of hydrogen-bond donors (Lipinski definition) is 1. The molecule has 0 aliphatic carbocycles. The van der Waals surface area contributed by atoms with E-state index in [1.165, 1.54) is 4.90 Å². The molecule has 1 amide bonds. The van der Waals surface area contributed by atoms with Crippen molar-refractivity contribution in [2.75, 3.05) is 11.4 Å². The highest BCUT2D eigenvalue weighted by molar-refractivity contribution is 5.96. The lowest BCUT2D eigenvalue weighted by Crippen LogP contribution is -2.47. The van der Waals surface area contributed by atoms with Crippen molar-refractivity contribution in [1.29, 1.82) is 0 Å². The monoisotopic (exact) mass is 311 g/mol. The molecule has 5 heteroatoms. The lowest BCUT2D eigenvalue weighted by Gasteiger charge is -2.33. The average Bonchev–Trinajstić information content (AvgIpc) is 2.59. The van der Waals surface area contributed by atoms with Gasteiger partial charge >= 0.3 is 5.97 Å². The van der Waals surface area contributed by atoms with Crippen LogP contribution in [0, 0.1) is 0 Å². The Morgan fingerprint density at radius 3 is 2.52 bits per heavy atom. The van der Waals surface area contributed by atoms with Gasteiger partial charge in [-0.3, -0.25) is 4.79 Å². The fraction of sp³-hybridized carbons (Fsp3) is 0.222. The summed E-state index contributed by atoms with van der Waals surface area (Å²) in [5, 5.41) is 9.21. The second kappa shape index (κ2) is 6.52. The van der Waals surface area contributed by atoms with Crippen LogP contribution in [0.2, 0.25) is 0 Å². The Morgan fingerprint density at radius 1 is 1.09 bits per heavy atom. The van der Waals surface area contributed by atoms with Gasteiger partial charge in [-0.25, -0.2) is 4.79 Å². The van der Waals surface area contributed by atoms with Gasteiger partial charge in [-0.15, -0.1) is 0 Å². The molecular weight excluding hydrogens is 294 g/mol. The molecule has 2 aromatic carbocycles. The molecular formula is C18H17NO4. The van der Waals surface area contributed by atoms with Crippen LogP contribution in [0.1, 0.15) is 12.0 Å². The zero-order valence-corrected chi connectivity index (χ0v) is 12.5. The van der Waals surface area contributed by atoms with Crippen LogP contribution in [0.4, 0.5) is 5.69 Å². The van der Waals surface area contributed by atoms with E-state index >= 15 is 0 Å². The third kappa shape index (κ3) is 3.34. The highest BCUT2D eigenvalue weighted by atomic mass is 16.5. The molecule has 1 atom stereocenters. The summed E-state index contributed by atoms with van der Waals surface area (Å²) in [6.45, 7) is 0.0277. The molecule has 0 radical (unpaired) electrons. The first-order chi connectivity index (χ1) is 11.1. The van der Waals surface area contributed by atoms with Crippen molar-refractivity contribution in [2.45, 2.75) is 18.9 Å². The molecule has 5 nitrogen and oxygen atoms in total. The number of para-hydroxylation sites is 2. The van der Waals surface area contributed by atoms with E-state index in [2.05, 4.69) is 0 Å². The van der Waals surface area contributed by atoms with Crippen LogP contribution in [0.3, 0.4) is 0 Å². The molecule has 1 aliphatic heterocycles. The summed E-state index contributed by atoms with van der Waals surface area (Å²) in [7, 11) is 0. The van der Waals surface area contributed by atoms with Gasteiger partial charge in [0.05, 0.1) is 12.2 Å². The van der Waals surface area contributed by atoms with Crippen molar-refractivity contribution in [3.8, 4) is 5.75 Å². The van der Waals surface area contributed by atoms with Gasteiger partial charge in [-0.05, 0) is 24.1 Å². The largest absolute Gasteiger partial charge is 0.478 e. The Hall–Kier alpha value is -2.82. The summed E-state index contributed by atoms with van der Waals surface area (Å²) < 4.78 is 5.44. The van der Waals surface area contributed by atoms with Crippen LogP contribution in [0.15, 0.2) is 54.6 Å². The molecule has 0 spiro atoms. The van der Waals surface area contributed by atoms with Crippen LogP contribution >= 0.6 is 0 Å². The zero-order valence-electron chi connectivity index (χ0n) is 12.5. The third-order valence-electron chi connectivity index (χ3n) is 3.82. The number of carbonyl (C=O) groups excluding carboxylic acids is 1. The molecule has 3 rings (SSSR count). The van der Waals surface area contributed by atoms with Gasteiger partial charge in [-0.2, -0.15) is 0 Å². The number of amides is 1. The molecule has 118 valence electrons. The smallest absolute Gasteiger partial charge is 0.346 e. The quantitative estimate of drug-likeness (QED) is 0.942. The Morgan fingerprint density at radius 2 is 1.78 bits per heavy atom. The molecule has 0 saturated carbocycles. The number of fused-ring (bicyclic) bond motifs is 1. The standard InChI is InChI=1S/C18H17NO4/c20-17(11-10-13-6-2-1-3-7-13)19-12-16(18(21)22)23-15-9-5-4-8-14(15)19/h1-9,16H,10-12H2,(H,21,22)/t16-/m0/s1. The molecule has 23 heavy (non-hydrogen) atoms. The first kappa shape index (κ1) is 15.1. The van der Waals surface area contributed by atoms with Crippen molar-refractivity contribution >= 4 is 17.6 Å². The van der Waals surface area contributed by atoms with Gasteiger partial charge in [0.15, 0.2) is 0 Å². The zero-order chi connectivity index (χ0) is 16.2. The Labute approximate surface area is 134 Å². The number of hydrogen-bond acceptors (Lipinski definition) is 3. The van der Waals surface area contributed by atoms with Gasteiger partial charge in [-0.1, -0.05) is 42.5 Å². The Bertz CT molecular complexity index is 714. The second-order valence-corrected chi connectivity index (χ2v) is 5.40. The minimum Gasteiger partial charge on any atom is -0.478 e. The SMILES string of the molecule is O=C(O)[C@@H]1CN(C(=O)CCc2ccccc2)c2ccccc2O1. The number of ether oxygens (including phenoxy) is 1. The molecule has 0 saturated heterocycles. The number of anilines is 1. The van der Waals surface area contributed by atoms with E-state index in [0.29, 0.717) is 24.3 Å². The van der Waals surface area contributed by atoms with Crippen molar-refractivity contribution in [2.24, 2.45) is 0 Å². The summed E-state index contributed by atoms with van der Waals surface area (Å²) in [5.41, 5.74) is 1.71. The van der Waals surface area contributed by atoms with E-state index in [9.17, 15) is 14.7 Å². The summed E-state index contributed by atoms with van der Waals surface area (Å²) in [6, 6.07) is 16.8. The number of aliphatic carboxylic acids is 1. The van der Waals surface area contributed by atoms with Gasteiger partial charge in [0.1, 0.15) is 5.75 Å². The normalized spacial score (nSPS) is 16.3. The van der Waals surface area contributed by atoms with E-state index in [1.807, 2.05) is 30.3 Å². The lowest BCUT2D eigenvalue weighted by atomic mass is 10.1. The molecule has 0 aromatic heterocycles. The molecule has 0 unspecified atom stereocenters. The molecule has 1 aliphatic rings. The van der Waals surface area contributed by atoms with E-state index in [0.717, 1.165) is 5.56 Å². The first-order valence-electron chi connectivity index (χ1n) is 7.48. The molecule has 1 N–H and O–H groups in total. The van der Waals surface area contributed by atoms with Crippen molar-refractivity contribution in [1.82, 2.24) is 0 Å². The maximum atomic E-state index is 12.6. The summed E-state index contributed by atoms with van der Waals surface area (Å²) in [4.78, 5) is 25.3. The number of benzene rings is 2. The predicted molar refractivity (Wildman–Crippen MR) is 85.6 cm³/mol. The second-order valence-electron chi connectivity index (χ2n) is 5.40. The number of carboxylic acids is 1. The topological polar surface area (TPSA) is 66.8 Å². The van der Waals surface area contributed by atoms with Crippen LogP contribution in [0.5, 0.6) is 5.75 Å². The number of nitrogens with zero attached hydrogens (tertiary/aromatic N) is 1. The molecule has 0 fully saturated rings. The summed E-state index contributed by atoms with van der Waals surface area (Å²) in [5.74, 6) is -0.740. The van der Waals surface area contributed by atoms with Crippen LogP contribution in [-0.2, 0) is 16.0 Å². The highest BCUT2D eigenvalue weighted by Crippen LogP contribution is 2.33. The third-order valence-corrected chi connectivity index (χ3v) is 3.82. The highest BCUT2D eigenvalue weighted by Gasteiger charge is 2.33. The van der Waals surface area contributed by atoms with Crippen LogP contribution < -0.4 is 9.64 Å². The average molecular weight is 311 g/mol. The van der Waals surface area contributed by atoms with Crippen molar-refractivity contribution < 1.29 is 19.4 Å². The number of carbonyl (C=O) groups is 2. The molecule has 0 bridgehead atoms. The van der Waals surface area contributed by atoms with E-state index < -0.39 is 12.1 Å². The fourth-order valence-corrected chi connectivity index (χ4v) is 2.63. The minimum absolute atomic E-state index is 0.0277. The van der Waals surface area contributed by atoms with Crippen molar-refractivity contribution in [3.63, 3.8) is 0 Å². The number of rotatable bonds is 4. The van der Waals surface area contributed by atoms with Gasteiger partial charge < -0.3 is 14.7 Å². The Balaban J connectivity index is 1.77. The fourth-order valence-electron chi connectivity index (χ4n) is 2.63. The molecule has 1 heterocycles. The van der Waals surface area contributed by atoms with Crippen LogP contribution in [-0.4, -0.2) is 29.6 Å². The van der Waals surface area contributed by atoms with E-state index in [4.69, 9.17) is 4.74 Å². The molecule has 2 aromatic rings. The lowest BCUT2D eigenvalue weighted by molar-refractivity contribution is -0.145. The summed E-state index contributed by atoms with van der Waals surface area (Å²) >= 11 is 0. The maximum Gasteiger partial charge on any atom is 0.346 e. The summed E-state index contributed by atoms with van der Waals surface area (Å²) in [6.07, 6.45) is -0.0905. The van der Waals surface area contributed by atoms with E-state index in [-0.39, 0.29) is 12.5 Å². The number of aryl methyl sites for hydroxylation is 1. The van der Waals surface area contributed by atoms with E-state index in [1.54, 1.807) is 24.3 Å². The predicted octanol–water partition coefficient (Wildman–Crippen LogP) is 2.50. The Kier molecular flexibility index (Phi) is 4.28. The van der Waals surface area contributed by atoms with Gasteiger partial charge in [0, 0.05) is 6.42 Å². The number of carboxylic acid groups (broad SMARTS) is 1. The van der Waals surface area contributed by atoms with Crippen molar-refractivity contribution in [3.05, 3.63) is 60.2 Å².